The van der Waals surface area contributed by atoms with Crippen LogP contribution in [0.3, 0.4) is 0 Å². The Kier molecular flexibility index (Phi) is 3.13. The average molecular weight is 312 g/mol. The molecule has 21 heavy (non-hydrogen) atoms. The maximum Gasteiger partial charge on any atom is 0.276 e. The van der Waals surface area contributed by atoms with Crippen LogP contribution in [0.4, 0.5) is 18.9 Å². The summed E-state index contributed by atoms with van der Waals surface area (Å²) in [5, 5.41) is 6.13. The molecule has 9 heteroatoms. The zero-order chi connectivity index (χ0) is 15.1. The first-order chi connectivity index (χ1) is 9.99. The molecule has 0 bridgehead atoms. The normalized spacial score (nSPS) is 11.0. The van der Waals surface area contributed by atoms with E-state index in [0.29, 0.717) is 10.7 Å². The van der Waals surface area contributed by atoms with E-state index in [0.717, 1.165) is 12.1 Å². The van der Waals surface area contributed by atoms with Crippen molar-refractivity contribution in [1.82, 2.24) is 14.6 Å². The van der Waals surface area contributed by atoms with Crippen molar-refractivity contribution in [3.05, 3.63) is 46.5 Å². The Morgan fingerprint density at radius 3 is 2.81 bits per heavy atom. The van der Waals surface area contributed by atoms with Crippen LogP contribution < -0.4 is 5.32 Å². The number of amides is 1. The van der Waals surface area contributed by atoms with Crippen LogP contribution in [0, 0.1) is 24.4 Å². The monoisotopic (exact) mass is 312 g/mol. The predicted octanol–water partition coefficient (Wildman–Crippen LogP) is 2.77. The van der Waals surface area contributed by atoms with Gasteiger partial charge in [0, 0.05) is 0 Å². The quantitative estimate of drug-likeness (QED) is 0.740. The highest BCUT2D eigenvalue weighted by Crippen LogP contribution is 2.21. The molecule has 0 fully saturated rings. The fourth-order valence-electron chi connectivity index (χ4n) is 1.86. The molecule has 0 aliphatic heterocycles. The highest BCUT2D eigenvalue weighted by molar-refractivity contribution is 7.14. The maximum absolute atomic E-state index is 13.6. The van der Waals surface area contributed by atoms with E-state index in [2.05, 4.69) is 15.4 Å². The second kappa shape index (κ2) is 4.85. The number of benzene rings is 1. The van der Waals surface area contributed by atoms with E-state index in [4.69, 9.17) is 0 Å². The lowest BCUT2D eigenvalue weighted by molar-refractivity contribution is 0.101. The fourth-order valence-corrected chi connectivity index (χ4v) is 2.52. The van der Waals surface area contributed by atoms with E-state index in [9.17, 15) is 18.0 Å². The minimum atomic E-state index is -1.64. The van der Waals surface area contributed by atoms with Gasteiger partial charge in [-0.1, -0.05) is 11.3 Å². The summed E-state index contributed by atoms with van der Waals surface area (Å²) in [6, 6.07) is 1.68. The zero-order valence-electron chi connectivity index (χ0n) is 10.5. The summed E-state index contributed by atoms with van der Waals surface area (Å²) in [5.41, 5.74) is 1.55. The molecular formula is C12H7F3N4OS. The van der Waals surface area contributed by atoms with Gasteiger partial charge in [-0.2, -0.15) is 9.61 Å². The van der Waals surface area contributed by atoms with E-state index in [1.54, 1.807) is 6.92 Å². The van der Waals surface area contributed by atoms with Crippen LogP contribution in [0.5, 0.6) is 0 Å². The molecule has 2 aromatic heterocycles. The van der Waals surface area contributed by atoms with Crippen molar-refractivity contribution < 1.29 is 18.0 Å². The lowest BCUT2D eigenvalue weighted by atomic mass is 10.2. The van der Waals surface area contributed by atoms with Crippen molar-refractivity contribution >= 4 is 27.9 Å². The Bertz CT molecular complexity index is 858. The molecule has 0 spiro atoms. The number of aryl methyl sites for hydroxylation is 1. The molecule has 0 saturated carbocycles. The van der Waals surface area contributed by atoms with E-state index in [1.165, 1.54) is 21.4 Å². The van der Waals surface area contributed by atoms with Gasteiger partial charge in [-0.05, 0) is 19.1 Å². The standard InChI is InChI=1S/C12H7F3N4OS/c1-5-10(19-12(17-5)21-4-16-19)11(20)18-7-3-2-6(13)8(14)9(7)15/h2-4H,1H3,(H,18,20). The number of aromatic nitrogens is 3. The van der Waals surface area contributed by atoms with Gasteiger partial charge in [-0.15, -0.1) is 0 Å². The van der Waals surface area contributed by atoms with Crippen LogP contribution in [0.2, 0.25) is 0 Å². The number of fused-ring (bicyclic) bond motifs is 1. The molecule has 1 aromatic carbocycles. The second-order valence-corrected chi connectivity index (χ2v) is 4.97. The number of halogens is 3. The summed E-state index contributed by atoms with van der Waals surface area (Å²) in [4.78, 5) is 16.8. The molecule has 1 amide bonds. The van der Waals surface area contributed by atoms with Gasteiger partial charge in [-0.25, -0.2) is 18.2 Å². The van der Waals surface area contributed by atoms with Crippen molar-refractivity contribution in [3.63, 3.8) is 0 Å². The number of nitrogens with one attached hydrogen (secondary N) is 1. The van der Waals surface area contributed by atoms with Crippen LogP contribution >= 0.6 is 11.3 Å². The van der Waals surface area contributed by atoms with Gasteiger partial charge in [0.15, 0.2) is 23.1 Å². The summed E-state index contributed by atoms with van der Waals surface area (Å²) in [5.74, 6) is -5.14. The summed E-state index contributed by atoms with van der Waals surface area (Å²) < 4.78 is 40.8. The number of imidazole rings is 1. The molecule has 1 N–H and O–H groups in total. The van der Waals surface area contributed by atoms with Crippen LogP contribution in [0.15, 0.2) is 17.6 Å². The zero-order valence-corrected chi connectivity index (χ0v) is 11.3. The van der Waals surface area contributed by atoms with Gasteiger partial charge in [0.05, 0.1) is 11.4 Å². The first-order valence-corrected chi connectivity index (χ1v) is 6.60. The topological polar surface area (TPSA) is 59.3 Å². The number of carbonyl (C=O) groups excluding carboxylic acids is 1. The van der Waals surface area contributed by atoms with E-state index in [-0.39, 0.29) is 5.69 Å². The molecule has 0 saturated heterocycles. The van der Waals surface area contributed by atoms with Gasteiger partial charge in [0.1, 0.15) is 5.51 Å². The molecule has 108 valence electrons. The lowest BCUT2D eigenvalue weighted by Gasteiger charge is -2.07. The fraction of sp³-hybridized carbons (Fsp3) is 0.0833. The Morgan fingerprint density at radius 2 is 2.05 bits per heavy atom. The first kappa shape index (κ1) is 13.6. The van der Waals surface area contributed by atoms with Crippen molar-refractivity contribution in [3.8, 4) is 0 Å². The third-order valence-electron chi connectivity index (χ3n) is 2.82. The average Bonchev–Trinajstić information content (AvgIpc) is 2.99. The molecule has 3 aromatic rings. The molecule has 0 unspecified atom stereocenters. The summed E-state index contributed by atoms with van der Waals surface area (Å²) >= 11 is 1.23. The number of rotatable bonds is 2. The number of hydrogen-bond acceptors (Lipinski definition) is 4. The van der Waals surface area contributed by atoms with Crippen molar-refractivity contribution in [1.29, 1.82) is 0 Å². The Balaban J connectivity index is 1.99. The second-order valence-electron chi connectivity index (χ2n) is 4.16. The van der Waals surface area contributed by atoms with E-state index >= 15 is 0 Å². The number of hydrogen-bond donors (Lipinski definition) is 1. The lowest BCUT2D eigenvalue weighted by Crippen LogP contribution is -2.17. The summed E-state index contributed by atoms with van der Waals surface area (Å²) in [7, 11) is 0. The third kappa shape index (κ3) is 2.15. The Labute approximate surface area is 120 Å². The summed E-state index contributed by atoms with van der Waals surface area (Å²) in [6.45, 7) is 1.60. The molecule has 0 radical (unpaired) electrons. The van der Waals surface area contributed by atoms with E-state index in [1.807, 2.05) is 0 Å². The number of carbonyl (C=O) groups is 1. The van der Waals surface area contributed by atoms with Crippen molar-refractivity contribution in [2.24, 2.45) is 0 Å². The van der Waals surface area contributed by atoms with E-state index < -0.39 is 29.0 Å². The van der Waals surface area contributed by atoms with Crippen LogP contribution in [-0.2, 0) is 0 Å². The summed E-state index contributed by atoms with van der Waals surface area (Å²) in [6.07, 6.45) is 0. The smallest absolute Gasteiger partial charge is 0.276 e. The Hall–Kier alpha value is -2.42. The highest BCUT2D eigenvalue weighted by Gasteiger charge is 2.21. The van der Waals surface area contributed by atoms with Gasteiger partial charge in [-0.3, -0.25) is 4.79 Å². The molecule has 0 atom stereocenters. The molecular weight excluding hydrogens is 305 g/mol. The Morgan fingerprint density at radius 1 is 1.29 bits per heavy atom. The first-order valence-electron chi connectivity index (χ1n) is 5.72. The van der Waals surface area contributed by atoms with Crippen LogP contribution in [0.1, 0.15) is 16.2 Å². The molecule has 0 aliphatic carbocycles. The van der Waals surface area contributed by atoms with Crippen molar-refractivity contribution in [2.75, 3.05) is 5.32 Å². The highest BCUT2D eigenvalue weighted by atomic mass is 32.1. The third-order valence-corrected chi connectivity index (χ3v) is 3.49. The SMILES string of the molecule is Cc1nc2scnn2c1C(=O)Nc1ccc(F)c(F)c1F. The van der Waals surface area contributed by atoms with Crippen LogP contribution in [0.25, 0.3) is 4.96 Å². The maximum atomic E-state index is 13.6. The minimum absolute atomic E-state index is 0.107. The molecule has 3 rings (SSSR count). The van der Waals surface area contributed by atoms with Gasteiger partial charge in [0.2, 0.25) is 4.96 Å². The molecule has 2 heterocycles. The largest absolute Gasteiger partial charge is 0.318 e. The van der Waals surface area contributed by atoms with Gasteiger partial charge < -0.3 is 5.32 Å². The van der Waals surface area contributed by atoms with Gasteiger partial charge in [0.25, 0.3) is 5.91 Å². The van der Waals surface area contributed by atoms with Crippen LogP contribution in [-0.4, -0.2) is 20.5 Å². The molecule has 0 aliphatic rings. The number of nitrogens with zero attached hydrogens (tertiary/aromatic N) is 3. The number of anilines is 1. The molecule has 5 nitrogen and oxygen atoms in total. The predicted molar refractivity (Wildman–Crippen MR) is 69.9 cm³/mol. The van der Waals surface area contributed by atoms with Gasteiger partial charge >= 0.3 is 0 Å². The van der Waals surface area contributed by atoms with Crippen molar-refractivity contribution in [2.45, 2.75) is 6.92 Å². The minimum Gasteiger partial charge on any atom is -0.318 e.